The highest BCUT2D eigenvalue weighted by Crippen LogP contribution is 2.26. The zero-order valence-electron chi connectivity index (χ0n) is 12.4. The molecule has 1 atom stereocenters. The molecular weight excluding hydrogens is 236 g/mol. The minimum Gasteiger partial charge on any atom is -0.493 e. The van der Waals surface area contributed by atoms with Gasteiger partial charge in [0.1, 0.15) is 5.75 Å². The Morgan fingerprint density at radius 3 is 2.68 bits per heavy atom. The topological polar surface area (TPSA) is 59.0 Å². The second kappa shape index (κ2) is 6.58. The van der Waals surface area contributed by atoms with Gasteiger partial charge in [0.25, 0.3) is 0 Å². The molecule has 0 aliphatic rings. The SMILES string of the molecule is Cc1ccc([C@@H](C)N)c(OCCCC(C)(C)C#N)c1. The molecule has 0 saturated carbocycles. The van der Waals surface area contributed by atoms with Crippen molar-refractivity contribution in [2.45, 2.75) is 46.6 Å². The van der Waals surface area contributed by atoms with Gasteiger partial charge in [-0.15, -0.1) is 0 Å². The maximum Gasteiger partial charge on any atom is 0.124 e. The first-order chi connectivity index (χ1) is 8.85. The van der Waals surface area contributed by atoms with Gasteiger partial charge < -0.3 is 10.5 Å². The first kappa shape index (κ1) is 15.5. The largest absolute Gasteiger partial charge is 0.493 e. The van der Waals surface area contributed by atoms with Gasteiger partial charge in [0.05, 0.1) is 18.1 Å². The second-order valence-electron chi connectivity index (χ2n) is 5.78. The molecule has 0 aromatic heterocycles. The molecule has 0 heterocycles. The van der Waals surface area contributed by atoms with Crippen molar-refractivity contribution in [3.63, 3.8) is 0 Å². The Balaban J connectivity index is 2.58. The lowest BCUT2D eigenvalue weighted by Crippen LogP contribution is -2.12. The van der Waals surface area contributed by atoms with E-state index in [-0.39, 0.29) is 11.5 Å². The van der Waals surface area contributed by atoms with Crippen LogP contribution in [0.25, 0.3) is 0 Å². The van der Waals surface area contributed by atoms with Crippen molar-refractivity contribution in [1.29, 1.82) is 5.26 Å². The van der Waals surface area contributed by atoms with Crippen molar-refractivity contribution >= 4 is 0 Å². The normalized spacial score (nSPS) is 12.8. The van der Waals surface area contributed by atoms with Gasteiger partial charge in [-0.05, 0) is 52.2 Å². The summed E-state index contributed by atoms with van der Waals surface area (Å²) in [5, 5.41) is 8.96. The molecule has 3 nitrogen and oxygen atoms in total. The lowest BCUT2D eigenvalue weighted by Gasteiger charge is -2.17. The van der Waals surface area contributed by atoms with E-state index in [2.05, 4.69) is 6.07 Å². The number of nitrogens with two attached hydrogens (primary N) is 1. The minimum absolute atomic E-state index is 0.0360. The zero-order valence-corrected chi connectivity index (χ0v) is 12.4. The standard InChI is InChI=1S/C16H24N2O/c1-12-6-7-14(13(2)18)15(10-12)19-9-5-8-16(3,4)11-17/h6-7,10,13H,5,8-9,18H2,1-4H3/t13-/m1/s1. The van der Waals surface area contributed by atoms with Crippen LogP contribution in [-0.2, 0) is 0 Å². The van der Waals surface area contributed by atoms with Gasteiger partial charge in [-0.3, -0.25) is 0 Å². The summed E-state index contributed by atoms with van der Waals surface area (Å²) in [5.41, 5.74) is 7.85. The molecule has 2 N–H and O–H groups in total. The molecule has 1 aromatic carbocycles. The monoisotopic (exact) mass is 260 g/mol. The Bertz CT molecular complexity index is 458. The average Bonchev–Trinajstić information content (AvgIpc) is 2.34. The number of hydrogen-bond acceptors (Lipinski definition) is 3. The molecule has 0 bridgehead atoms. The molecule has 1 aromatic rings. The van der Waals surface area contributed by atoms with Crippen molar-refractivity contribution in [2.24, 2.45) is 11.1 Å². The number of ether oxygens (including phenoxy) is 1. The summed E-state index contributed by atoms with van der Waals surface area (Å²) in [6, 6.07) is 8.36. The van der Waals surface area contributed by atoms with Crippen LogP contribution in [0.15, 0.2) is 18.2 Å². The molecule has 104 valence electrons. The molecule has 0 fully saturated rings. The van der Waals surface area contributed by atoms with Gasteiger partial charge in [0, 0.05) is 11.6 Å². The summed E-state index contributed by atoms with van der Waals surface area (Å²) in [5.74, 6) is 0.866. The molecular formula is C16H24N2O. The molecule has 0 aliphatic heterocycles. The molecule has 0 spiro atoms. The zero-order chi connectivity index (χ0) is 14.5. The predicted octanol–water partition coefficient (Wildman–Crippen LogP) is 3.72. The van der Waals surface area contributed by atoms with Crippen LogP contribution in [0, 0.1) is 23.7 Å². The van der Waals surface area contributed by atoms with Crippen molar-refractivity contribution in [1.82, 2.24) is 0 Å². The third-order valence-corrected chi connectivity index (χ3v) is 3.17. The van der Waals surface area contributed by atoms with E-state index in [9.17, 15) is 0 Å². The molecule has 0 amide bonds. The van der Waals surface area contributed by atoms with E-state index < -0.39 is 0 Å². The van der Waals surface area contributed by atoms with Crippen LogP contribution in [0.5, 0.6) is 5.75 Å². The first-order valence-corrected chi connectivity index (χ1v) is 6.76. The van der Waals surface area contributed by atoms with E-state index in [0.717, 1.165) is 29.7 Å². The van der Waals surface area contributed by atoms with E-state index in [1.807, 2.05) is 45.9 Å². The summed E-state index contributed by atoms with van der Waals surface area (Å²) in [6.07, 6.45) is 1.70. The highest BCUT2D eigenvalue weighted by atomic mass is 16.5. The van der Waals surface area contributed by atoms with E-state index in [4.69, 9.17) is 15.7 Å². The summed E-state index contributed by atoms with van der Waals surface area (Å²) in [6.45, 7) is 8.52. The highest BCUT2D eigenvalue weighted by molar-refractivity contribution is 5.38. The molecule has 0 saturated heterocycles. The van der Waals surface area contributed by atoms with E-state index in [1.165, 1.54) is 0 Å². The van der Waals surface area contributed by atoms with Gasteiger partial charge in [-0.25, -0.2) is 0 Å². The number of hydrogen-bond donors (Lipinski definition) is 1. The molecule has 0 radical (unpaired) electrons. The Morgan fingerprint density at radius 1 is 1.42 bits per heavy atom. The fourth-order valence-corrected chi connectivity index (χ4v) is 1.89. The highest BCUT2D eigenvalue weighted by Gasteiger charge is 2.16. The van der Waals surface area contributed by atoms with Gasteiger partial charge in [0.2, 0.25) is 0 Å². The van der Waals surface area contributed by atoms with Crippen LogP contribution in [0.3, 0.4) is 0 Å². The summed E-state index contributed by atoms with van der Waals surface area (Å²) in [7, 11) is 0. The lowest BCUT2D eigenvalue weighted by atomic mass is 9.90. The van der Waals surface area contributed by atoms with Crippen molar-refractivity contribution < 1.29 is 4.74 Å². The van der Waals surface area contributed by atoms with Crippen LogP contribution in [-0.4, -0.2) is 6.61 Å². The molecule has 0 aliphatic carbocycles. The quantitative estimate of drug-likeness (QED) is 0.793. The first-order valence-electron chi connectivity index (χ1n) is 6.76. The van der Waals surface area contributed by atoms with Crippen LogP contribution in [0.2, 0.25) is 0 Å². The summed E-state index contributed by atoms with van der Waals surface area (Å²) >= 11 is 0. The fraction of sp³-hybridized carbons (Fsp3) is 0.562. The van der Waals surface area contributed by atoms with E-state index >= 15 is 0 Å². The maximum atomic E-state index is 8.96. The number of nitrogens with zero attached hydrogens (tertiary/aromatic N) is 1. The summed E-state index contributed by atoms with van der Waals surface area (Å²) in [4.78, 5) is 0. The summed E-state index contributed by atoms with van der Waals surface area (Å²) < 4.78 is 5.83. The van der Waals surface area contributed by atoms with Gasteiger partial charge in [0.15, 0.2) is 0 Å². The van der Waals surface area contributed by atoms with E-state index in [0.29, 0.717) is 6.61 Å². The van der Waals surface area contributed by atoms with Crippen LogP contribution >= 0.6 is 0 Å². The maximum absolute atomic E-state index is 8.96. The number of aryl methyl sites for hydroxylation is 1. The number of benzene rings is 1. The minimum atomic E-state index is -0.278. The van der Waals surface area contributed by atoms with Crippen LogP contribution in [0.4, 0.5) is 0 Å². The Labute approximate surface area is 116 Å². The van der Waals surface area contributed by atoms with Gasteiger partial charge >= 0.3 is 0 Å². The predicted molar refractivity (Wildman–Crippen MR) is 77.9 cm³/mol. The van der Waals surface area contributed by atoms with E-state index in [1.54, 1.807) is 0 Å². The average molecular weight is 260 g/mol. The molecule has 0 unspecified atom stereocenters. The number of nitriles is 1. The third kappa shape index (κ3) is 4.92. The lowest BCUT2D eigenvalue weighted by molar-refractivity contribution is 0.281. The Morgan fingerprint density at radius 2 is 2.11 bits per heavy atom. The van der Waals surface area contributed by atoms with Crippen LogP contribution < -0.4 is 10.5 Å². The molecule has 19 heavy (non-hydrogen) atoms. The Hall–Kier alpha value is -1.53. The van der Waals surface area contributed by atoms with Gasteiger partial charge in [-0.2, -0.15) is 5.26 Å². The van der Waals surface area contributed by atoms with Crippen molar-refractivity contribution in [3.8, 4) is 11.8 Å². The number of rotatable bonds is 6. The second-order valence-corrected chi connectivity index (χ2v) is 5.78. The molecule has 1 rings (SSSR count). The Kier molecular flexibility index (Phi) is 5.38. The van der Waals surface area contributed by atoms with Crippen LogP contribution in [0.1, 0.15) is 50.8 Å². The van der Waals surface area contributed by atoms with Crippen molar-refractivity contribution in [3.05, 3.63) is 29.3 Å². The van der Waals surface area contributed by atoms with Gasteiger partial charge in [-0.1, -0.05) is 12.1 Å². The smallest absolute Gasteiger partial charge is 0.124 e. The third-order valence-electron chi connectivity index (χ3n) is 3.17. The van der Waals surface area contributed by atoms with Crippen molar-refractivity contribution in [2.75, 3.05) is 6.61 Å². The fourth-order valence-electron chi connectivity index (χ4n) is 1.89. The molecule has 3 heteroatoms.